The summed E-state index contributed by atoms with van der Waals surface area (Å²) < 4.78 is 10.4. The Morgan fingerprint density at radius 1 is 1.14 bits per heavy atom. The molecule has 162 valence electrons. The SMILES string of the molecule is COc1cc(C)c(N=C(N)SCC(=O)NCCCNC(=O)OC(C)(C)C)c(C)c1. The quantitative estimate of drug-likeness (QED) is 0.336. The fraction of sp³-hybridized carbons (Fsp3) is 0.550. The second-order valence-electron chi connectivity index (χ2n) is 7.48. The zero-order valence-corrected chi connectivity index (χ0v) is 18.9. The summed E-state index contributed by atoms with van der Waals surface area (Å²) in [5.74, 6) is 0.794. The van der Waals surface area contributed by atoms with E-state index >= 15 is 0 Å². The third-order valence-electron chi connectivity index (χ3n) is 3.62. The normalized spacial score (nSPS) is 11.7. The van der Waals surface area contributed by atoms with Crippen LogP contribution in [-0.2, 0) is 9.53 Å². The van der Waals surface area contributed by atoms with Gasteiger partial charge in [-0.05, 0) is 64.3 Å². The first-order valence-corrected chi connectivity index (χ1v) is 10.4. The molecule has 1 aromatic carbocycles. The molecule has 2 amide bonds. The maximum Gasteiger partial charge on any atom is 0.407 e. The molecular weight excluding hydrogens is 392 g/mol. The third-order valence-corrected chi connectivity index (χ3v) is 4.41. The number of ether oxygens (including phenoxy) is 2. The van der Waals surface area contributed by atoms with Crippen molar-refractivity contribution in [1.82, 2.24) is 10.6 Å². The van der Waals surface area contributed by atoms with E-state index in [1.54, 1.807) is 27.9 Å². The minimum Gasteiger partial charge on any atom is -0.497 e. The van der Waals surface area contributed by atoms with Crippen LogP contribution in [-0.4, -0.2) is 48.7 Å². The van der Waals surface area contributed by atoms with Gasteiger partial charge in [0.1, 0.15) is 11.4 Å². The molecule has 0 saturated heterocycles. The number of hydrogen-bond donors (Lipinski definition) is 3. The first-order valence-electron chi connectivity index (χ1n) is 9.37. The summed E-state index contributed by atoms with van der Waals surface area (Å²) in [7, 11) is 1.62. The Kier molecular flexibility index (Phi) is 9.80. The van der Waals surface area contributed by atoms with Crippen LogP contribution in [0.25, 0.3) is 0 Å². The molecule has 8 nitrogen and oxygen atoms in total. The van der Waals surface area contributed by atoms with Gasteiger partial charge in [0.25, 0.3) is 0 Å². The predicted molar refractivity (Wildman–Crippen MR) is 118 cm³/mol. The van der Waals surface area contributed by atoms with Crippen molar-refractivity contribution in [2.75, 3.05) is 26.0 Å². The minimum atomic E-state index is -0.528. The predicted octanol–water partition coefficient (Wildman–Crippen LogP) is 3.02. The summed E-state index contributed by atoms with van der Waals surface area (Å²) in [6.45, 7) is 10.1. The number of rotatable bonds is 8. The number of aryl methyl sites for hydroxylation is 2. The van der Waals surface area contributed by atoms with E-state index in [2.05, 4.69) is 15.6 Å². The van der Waals surface area contributed by atoms with Crippen molar-refractivity contribution in [2.24, 2.45) is 10.7 Å². The molecule has 0 radical (unpaired) electrons. The topological polar surface area (TPSA) is 115 Å². The average molecular weight is 425 g/mol. The Labute approximate surface area is 177 Å². The number of aliphatic imine (C=N–C) groups is 1. The molecule has 0 bridgehead atoms. The van der Waals surface area contributed by atoms with Crippen LogP contribution in [0, 0.1) is 13.8 Å². The van der Waals surface area contributed by atoms with Gasteiger partial charge < -0.3 is 25.8 Å². The van der Waals surface area contributed by atoms with E-state index in [0.717, 1.165) is 22.6 Å². The lowest BCUT2D eigenvalue weighted by Crippen LogP contribution is -2.34. The number of nitrogens with two attached hydrogens (primary N) is 1. The third kappa shape index (κ3) is 10.1. The van der Waals surface area contributed by atoms with Crippen LogP contribution in [0.15, 0.2) is 17.1 Å². The van der Waals surface area contributed by atoms with Crippen molar-refractivity contribution in [2.45, 2.75) is 46.6 Å². The van der Waals surface area contributed by atoms with E-state index in [-0.39, 0.29) is 11.7 Å². The van der Waals surface area contributed by atoms with Gasteiger partial charge in [0.05, 0.1) is 18.6 Å². The van der Waals surface area contributed by atoms with Gasteiger partial charge in [0, 0.05) is 13.1 Å². The number of hydrogen-bond acceptors (Lipinski definition) is 6. The van der Waals surface area contributed by atoms with Crippen molar-refractivity contribution in [3.05, 3.63) is 23.3 Å². The molecule has 0 aliphatic heterocycles. The Hall–Kier alpha value is -2.42. The van der Waals surface area contributed by atoms with Crippen molar-refractivity contribution < 1.29 is 19.1 Å². The maximum absolute atomic E-state index is 11.9. The highest BCUT2D eigenvalue weighted by Gasteiger charge is 2.15. The second-order valence-corrected chi connectivity index (χ2v) is 8.48. The van der Waals surface area contributed by atoms with Gasteiger partial charge in [-0.3, -0.25) is 4.79 Å². The monoisotopic (exact) mass is 424 g/mol. The van der Waals surface area contributed by atoms with Crippen molar-refractivity contribution in [1.29, 1.82) is 0 Å². The van der Waals surface area contributed by atoms with Crippen LogP contribution >= 0.6 is 11.8 Å². The highest BCUT2D eigenvalue weighted by Crippen LogP contribution is 2.29. The molecule has 9 heteroatoms. The van der Waals surface area contributed by atoms with Gasteiger partial charge in [0.15, 0.2) is 5.17 Å². The highest BCUT2D eigenvalue weighted by atomic mass is 32.2. The van der Waals surface area contributed by atoms with Gasteiger partial charge in [-0.25, -0.2) is 9.79 Å². The molecule has 0 aromatic heterocycles. The van der Waals surface area contributed by atoms with E-state index in [1.807, 2.05) is 26.0 Å². The number of carbonyl (C=O) groups is 2. The van der Waals surface area contributed by atoms with Crippen LogP contribution in [0.1, 0.15) is 38.3 Å². The fourth-order valence-corrected chi connectivity index (χ4v) is 2.90. The molecule has 0 spiro atoms. The Morgan fingerprint density at radius 3 is 2.28 bits per heavy atom. The molecule has 0 aliphatic carbocycles. The van der Waals surface area contributed by atoms with Crippen molar-refractivity contribution in [3.8, 4) is 5.75 Å². The van der Waals surface area contributed by atoms with Crippen LogP contribution in [0.3, 0.4) is 0 Å². The van der Waals surface area contributed by atoms with Crippen molar-refractivity contribution >= 4 is 34.6 Å². The van der Waals surface area contributed by atoms with E-state index in [1.165, 1.54) is 11.8 Å². The number of carbonyl (C=O) groups excluding carboxylic acids is 2. The number of amides is 2. The molecule has 29 heavy (non-hydrogen) atoms. The molecule has 1 aromatic rings. The lowest BCUT2D eigenvalue weighted by molar-refractivity contribution is -0.118. The summed E-state index contributed by atoms with van der Waals surface area (Å²) in [4.78, 5) is 27.9. The van der Waals surface area contributed by atoms with E-state index in [0.29, 0.717) is 24.7 Å². The summed E-state index contributed by atoms with van der Waals surface area (Å²) >= 11 is 1.18. The summed E-state index contributed by atoms with van der Waals surface area (Å²) in [5, 5.41) is 5.75. The first-order chi connectivity index (χ1) is 13.5. The van der Waals surface area contributed by atoms with Gasteiger partial charge in [0.2, 0.25) is 5.91 Å². The number of nitrogens with zero attached hydrogens (tertiary/aromatic N) is 1. The molecular formula is C20H32N4O4S. The summed E-state index contributed by atoms with van der Waals surface area (Å²) in [5.41, 5.74) is 8.12. The van der Waals surface area contributed by atoms with Crippen LogP contribution in [0.4, 0.5) is 10.5 Å². The fourth-order valence-electron chi connectivity index (χ4n) is 2.36. The minimum absolute atomic E-state index is 0.145. The number of thioether (sulfide) groups is 1. The Balaban J connectivity index is 2.34. The Bertz CT molecular complexity index is 721. The van der Waals surface area contributed by atoms with E-state index in [9.17, 15) is 9.59 Å². The second kappa shape index (κ2) is 11.5. The van der Waals surface area contributed by atoms with Gasteiger partial charge in [-0.1, -0.05) is 11.8 Å². The molecule has 0 heterocycles. The highest BCUT2D eigenvalue weighted by molar-refractivity contribution is 8.14. The lowest BCUT2D eigenvalue weighted by atomic mass is 10.1. The lowest BCUT2D eigenvalue weighted by Gasteiger charge is -2.19. The van der Waals surface area contributed by atoms with Gasteiger partial charge >= 0.3 is 6.09 Å². The number of nitrogens with one attached hydrogen (secondary N) is 2. The molecule has 4 N–H and O–H groups in total. The largest absolute Gasteiger partial charge is 0.497 e. The zero-order chi connectivity index (χ0) is 22.0. The van der Waals surface area contributed by atoms with E-state index < -0.39 is 11.7 Å². The van der Waals surface area contributed by atoms with Crippen molar-refractivity contribution in [3.63, 3.8) is 0 Å². The molecule has 0 unspecified atom stereocenters. The zero-order valence-electron chi connectivity index (χ0n) is 18.0. The first kappa shape index (κ1) is 24.6. The summed E-state index contributed by atoms with van der Waals surface area (Å²) in [6, 6.07) is 3.78. The molecule has 0 aliphatic rings. The van der Waals surface area contributed by atoms with Gasteiger partial charge in [-0.15, -0.1) is 0 Å². The molecule has 0 saturated carbocycles. The standard InChI is InChI=1S/C20H32N4O4S/c1-13-10-15(27-6)11-14(2)17(13)24-18(21)29-12-16(25)22-8-7-9-23-19(26)28-20(3,4)5/h10-11H,7-9,12H2,1-6H3,(H2,21,24)(H,22,25)(H,23,26). The maximum atomic E-state index is 11.9. The molecule has 1 rings (SSSR count). The number of amidine groups is 1. The number of benzene rings is 1. The molecule has 0 atom stereocenters. The molecule has 0 fully saturated rings. The van der Waals surface area contributed by atoms with Gasteiger partial charge in [-0.2, -0.15) is 0 Å². The number of alkyl carbamates (subject to hydrolysis) is 1. The average Bonchev–Trinajstić information content (AvgIpc) is 2.61. The smallest absolute Gasteiger partial charge is 0.407 e. The van der Waals surface area contributed by atoms with E-state index in [4.69, 9.17) is 15.2 Å². The number of methoxy groups -OCH3 is 1. The summed E-state index contributed by atoms with van der Waals surface area (Å²) in [6.07, 6.45) is 0.135. The van der Waals surface area contributed by atoms with Crippen LogP contribution < -0.4 is 21.1 Å². The Morgan fingerprint density at radius 2 is 1.72 bits per heavy atom. The van der Waals surface area contributed by atoms with Crippen LogP contribution in [0.5, 0.6) is 5.75 Å². The van der Waals surface area contributed by atoms with Crippen LogP contribution in [0.2, 0.25) is 0 Å².